The molecular formula is C13H18N2O2. The van der Waals surface area contributed by atoms with Gasteiger partial charge in [0, 0.05) is 17.3 Å². The first-order valence-corrected chi connectivity index (χ1v) is 5.90. The third kappa shape index (κ3) is 3.20. The molecule has 17 heavy (non-hydrogen) atoms. The van der Waals surface area contributed by atoms with Crippen LogP contribution in [0.1, 0.15) is 24.2 Å². The van der Waals surface area contributed by atoms with Crippen LogP contribution < -0.4 is 10.6 Å². The van der Waals surface area contributed by atoms with E-state index in [1.807, 2.05) is 38.1 Å². The fourth-order valence-electron chi connectivity index (χ4n) is 1.65. The molecule has 92 valence electrons. The van der Waals surface area contributed by atoms with Gasteiger partial charge in [0.2, 0.25) is 0 Å². The average Bonchev–Trinajstić information content (AvgIpc) is 2.23. The lowest BCUT2D eigenvalue weighted by Gasteiger charge is -2.28. The van der Waals surface area contributed by atoms with Gasteiger partial charge in [-0.3, -0.25) is 4.79 Å². The van der Waals surface area contributed by atoms with E-state index in [-0.39, 0.29) is 11.9 Å². The van der Waals surface area contributed by atoms with Gasteiger partial charge in [0.15, 0.2) is 0 Å². The van der Waals surface area contributed by atoms with Crippen molar-refractivity contribution >= 4 is 11.6 Å². The maximum absolute atomic E-state index is 11.8. The van der Waals surface area contributed by atoms with Crippen LogP contribution >= 0.6 is 0 Å². The van der Waals surface area contributed by atoms with Crippen LogP contribution in [0.15, 0.2) is 24.3 Å². The fourth-order valence-corrected chi connectivity index (χ4v) is 1.65. The second kappa shape index (κ2) is 5.19. The van der Waals surface area contributed by atoms with Crippen molar-refractivity contribution in [3.05, 3.63) is 29.8 Å². The highest BCUT2D eigenvalue weighted by molar-refractivity contribution is 5.95. The molecule has 0 spiro atoms. The zero-order valence-corrected chi connectivity index (χ0v) is 10.2. The van der Waals surface area contributed by atoms with Crippen LogP contribution in [-0.4, -0.2) is 31.2 Å². The summed E-state index contributed by atoms with van der Waals surface area (Å²) in [5.74, 6) is -0.0338. The highest BCUT2D eigenvalue weighted by Crippen LogP contribution is 2.14. The lowest BCUT2D eigenvalue weighted by atomic mass is 10.1. The molecule has 1 aromatic rings. The maximum atomic E-state index is 11.8. The van der Waals surface area contributed by atoms with E-state index in [9.17, 15) is 4.79 Å². The summed E-state index contributed by atoms with van der Waals surface area (Å²) in [6.07, 6.45) is 0. The molecule has 1 heterocycles. The third-order valence-electron chi connectivity index (χ3n) is 2.55. The standard InChI is InChI=1S/C13H18N2O2/c1-9(2)14-13(16)10-4-3-5-11(6-10)15-12-7-17-8-12/h3-6,9,12,15H,7-8H2,1-2H3,(H,14,16). The van der Waals surface area contributed by atoms with Gasteiger partial charge in [-0.1, -0.05) is 6.07 Å². The molecule has 4 heteroatoms. The Hall–Kier alpha value is -1.55. The van der Waals surface area contributed by atoms with Gasteiger partial charge in [-0.05, 0) is 32.0 Å². The number of carbonyl (C=O) groups is 1. The SMILES string of the molecule is CC(C)NC(=O)c1cccc(NC2COC2)c1. The van der Waals surface area contributed by atoms with Crippen molar-refractivity contribution in [1.82, 2.24) is 5.32 Å². The first kappa shape index (κ1) is 11.9. The molecular weight excluding hydrogens is 216 g/mol. The Bertz CT molecular complexity index is 400. The summed E-state index contributed by atoms with van der Waals surface area (Å²) in [7, 11) is 0. The minimum atomic E-state index is -0.0338. The van der Waals surface area contributed by atoms with E-state index >= 15 is 0 Å². The minimum Gasteiger partial charge on any atom is -0.378 e. The van der Waals surface area contributed by atoms with E-state index in [0.29, 0.717) is 11.6 Å². The molecule has 0 aromatic heterocycles. The molecule has 0 radical (unpaired) electrons. The van der Waals surface area contributed by atoms with Crippen LogP contribution in [0.3, 0.4) is 0 Å². The van der Waals surface area contributed by atoms with E-state index in [2.05, 4.69) is 10.6 Å². The van der Waals surface area contributed by atoms with Gasteiger partial charge >= 0.3 is 0 Å². The zero-order valence-electron chi connectivity index (χ0n) is 10.2. The minimum absolute atomic E-state index is 0.0338. The normalized spacial score (nSPS) is 15.5. The van der Waals surface area contributed by atoms with E-state index in [1.54, 1.807) is 0 Å². The number of benzene rings is 1. The highest BCUT2D eigenvalue weighted by Gasteiger charge is 2.18. The lowest BCUT2D eigenvalue weighted by Crippen LogP contribution is -2.40. The number of hydrogen-bond donors (Lipinski definition) is 2. The van der Waals surface area contributed by atoms with Crippen molar-refractivity contribution in [2.24, 2.45) is 0 Å². The van der Waals surface area contributed by atoms with Gasteiger partial charge < -0.3 is 15.4 Å². The van der Waals surface area contributed by atoms with Gasteiger partial charge in [-0.25, -0.2) is 0 Å². The summed E-state index contributed by atoms with van der Waals surface area (Å²) in [4.78, 5) is 11.8. The fraction of sp³-hybridized carbons (Fsp3) is 0.462. The Morgan fingerprint density at radius 1 is 1.41 bits per heavy atom. The summed E-state index contributed by atoms with van der Waals surface area (Å²) in [5, 5.41) is 6.20. The van der Waals surface area contributed by atoms with E-state index in [4.69, 9.17) is 4.74 Å². The predicted molar refractivity (Wildman–Crippen MR) is 67.3 cm³/mol. The molecule has 0 saturated carbocycles. The highest BCUT2D eigenvalue weighted by atomic mass is 16.5. The van der Waals surface area contributed by atoms with Crippen LogP contribution in [0.5, 0.6) is 0 Å². The van der Waals surface area contributed by atoms with Crippen LogP contribution in [0.4, 0.5) is 5.69 Å². The molecule has 0 bridgehead atoms. The molecule has 2 rings (SSSR count). The Labute approximate surface area is 101 Å². The quantitative estimate of drug-likeness (QED) is 0.832. The first-order chi connectivity index (χ1) is 8.15. The average molecular weight is 234 g/mol. The lowest BCUT2D eigenvalue weighted by molar-refractivity contribution is 0.0211. The summed E-state index contributed by atoms with van der Waals surface area (Å²) in [6, 6.07) is 8.06. The predicted octanol–water partition coefficient (Wildman–Crippen LogP) is 1.64. The number of nitrogens with one attached hydrogen (secondary N) is 2. The van der Waals surface area contributed by atoms with Gasteiger partial charge in [0.05, 0.1) is 19.3 Å². The molecule has 0 atom stereocenters. The van der Waals surface area contributed by atoms with Gasteiger partial charge in [0.1, 0.15) is 0 Å². The summed E-state index contributed by atoms with van der Waals surface area (Å²) >= 11 is 0. The summed E-state index contributed by atoms with van der Waals surface area (Å²) in [6.45, 7) is 5.38. The van der Waals surface area contributed by atoms with Crippen molar-refractivity contribution in [3.8, 4) is 0 Å². The van der Waals surface area contributed by atoms with Crippen molar-refractivity contribution < 1.29 is 9.53 Å². The van der Waals surface area contributed by atoms with Crippen molar-refractivity contribution in [2.45, 2.75) is 25.9 Å². The van der Waals surface area contributed by atoms with Crippen LogP contribution in [-0.2, 0) is 4.74 Å². The van der Waals surface area contributed by atoms with Crippen LogP contribution in [0.25, 0.3) is 0 Å². The van der Waals surface area contributed by atoms with E-state index in [1.165, 1.54) is 0 Å². The van der Waals surface area contributed by atoms with Crippen molar-refractivity contribution in [2.75, 3.05) is 18.5 Å². The Morgan fingerprint density at radius 2 is 2.18 bits per heavy atom. The second-order valence-electron chi connectivity index (χ2n) is 4.59. The van der Waals surface area contributed by atoms with E-state index < -0.39 is 0 Å². The number of anilines is 1. The molecule has 1 aliphatic heterocycles. The number of amides is 1. The second-order valence-corrected chi connectivity index (χ2v) is 4.59. The van der Waals surface area contributed by atoms with E-state index in [0.717, 1.165) is 18.9 Å². The van der Waals surface area contributed by atoms with Crippen molar-refractivity contribution in [3.63, 3.8) is 0 Å². The van der Waals surface area contributed by atoms with Gasteiger partial charge in [0.25, 0.3) is 5.91 Å². The Kier molecular flexibility index (Phi) is 3.64. The molecule has 0 aliphatic carbocycles. The van der Waals surface area contributed by atoms with Gasteiger partial charge in [-0.15, -0.1) is 0 Å². The first-order valence-electron chi connectivity index (χ1n) is 5.90. The van der Waals surface area contributed by atoms with Gasteiger partial charge in [-0.2, -0.15) is 0 Å². The largest absolute Gasteiger partial charge is 0.378 e. The monoisotopic (exact) mass is 234 g/mol. The number of carbonyl (C=O) groups excluding carboxylic acids is 1. The Morgan fingerprint density at radius 3 is 2.76 bits per heavy atom. The Balaban J connectivity index is 2.02. The van der Waals surface area contributed by atoms with Crippen molar-refractivity contribution in [1.29, 1.82) is 0 Å². The number of rotatable bonds is 4. The smallest absolute Gasteiger partial charge is 0.251 e. The van der Waals surface area contributed by atoms with Crippen LogP contribution in [0.2, 0.25) is 0 Å². The molecule has 2 N–H and O–H groups in total. The van der Waals surface area contributed by atoms with Crippen LogP contribution in [0, 0.1) is 0 Å². The molecule has 1 saturated heterocycles. The molecule has 0 unspecified atom stereocenters. The summed E-state index contributed by atoms with van der Waals surface area (Å²) in [5.41, 5.74) is 1.65. The maximum Gasteiger partial charge on any atom is 0.251 e. The topological polar surface area (TPSA) is 50.4 Å². The number of hydrogen-bond acceptors (Lipinski definition) is 3. The molecule has 1 aliphatic rings. The zero-order chi connectivity index (χ0) is 12.3. The molecule has 1 amide bonds. The molecule has 4 nitrogen and oxygen atoms in total. The number of ether oxygens (including phenoxy) is 1. The third-order valence-corrected chi connectivity index (χ3v) is 2.55. The molecule has 1 fully saturated rings. The summed E-state index contributed by atoms with van der Waals surface area (Å²) < 4.78 is 5.10. The molecule has 1 aromatic carbocycles.